The smallest absolute Gasteiger partial charge is 0.293 e. The molecule has 0 bridgehead atoms. The van der Waals surface area contributed by atoms with E-state index in [1.165, 1.54) is 24.3 Å². The molecule has 3 N–H and O–H groups in total. The van der Waals surface area contributed by atoms with E-state index in [2.05, 4.69) is 16.0 Å². The number of carbonyl (C=O) groups excluding carboxylic acids is 2. The number of benzene rings is 2. The minimum atomic E-state index is -3.60. The number of halogens is 1. The number of carbonyl (C=O) groups is 2. The van der Waals surface area contributed by atoms with E-state index in [-0.39, 0.29) is 35.2 Å². The molecule has 0 fully saturated rings. The Bertz CT molecular complexity index is 1140. The molecule has 10 nitrogen and oxygen atoms in total. The average Bonchev–Trinajstić information content (AvgIpc) is 2.74. The van der Waals surface area contributed by atoms with Crippen LogP contribution in [0.2, 0.25) is 0 Å². The van der Waals surface area contributed by atoms with Crippen molar-refractivity contribution in [3.8, 4) is 0 Å². The van der Waals surface area contributed by atoms with Gasteiger partial charge in [0.2, 0.25) is 5.91 Å². The van der Waals surface area contributed by atoms with Crippen LogP contribution in [0.1, 0.15) is 24.2 Å². The van der Waals surface area contributed by atoms with Crippen LogP contribution in [0, 0.1) is 21.8 Å². The number of anilines is 1. The van der Waals surface area contributed by atoms with Gasteiger partial charge in [0.05, 0.1) is 9.82 Å². The Labute approximate surface area is 190 Å². The predicted molar refractivity (Wildman–Crippen MR) is 120 cm³/mol. The van der Waals surface area contributed by atoms with E-state index >= 15 is 0 Å². The van der Waals surface area contributed by atoms with Crippen molar-refractivity contribution in [2.24, 2.45) is 5.92 Å². The number of sulfone groups is 1. The highest BCUT2D eigenvalue weighted by molar-refractivity contribution is 7.90. The molecule has 0 aliphatic heterocycles. The molecule has 178 valence electrons. The SMILES string of the molecule is CC(C)[C@H](NC(=O)c1ccc(F)cc1)C(=O)NCCNc1ccc(S(C)(=O)=O)cc1[N+](=O)[O-]. The van der Waals surface area contributed by atoms with Gasteiger partial charge in [-0.15, -0.1) is 0 Å². The molecule has 1 atom stereocenters. The molecule has 0 heterocycles. The minimum absolute atomic E-state index is 0.0828. The largest absolute Gasteiger partial charge is 0.378 e. The summed E-state index contributed by atoms with van der Waals surface area (Å²) in [6.45, 7) is 3.70. The van der Waals surface area contributed by atoms with Crippen LogP contribution < -0.4 is 16.0 Å². The molecule has 0 spiro atoms. The van der Waals surface area contributed by atoms with Crippen LogP contribution in [0.25, 0.3) is 0 Å². The van der Waals surface area contributed by atoms with Gasteiger partial charge in [-0.1, -0.05) is 13.8 Å². The number of hydrogen-bond donors (Lipinski definition) is 3. The van der Waals surface area contributed by atoms with E-state index in [1.54, 1.807) is 13.8 Å². The lowest BCUT2D eigenvalue weighted by Gasteiger charge is -2.22. The van der Waals surface area contributed by atoms with E-state index in [4.69, 9.17) is 0 Å². The molecule has 0 aliphatic rings. The summed E-state index contributed by atoms with van der Waals surface area (Å²) < 4.78 is 36.3. The van der Waals surface area contributed by atoms with E-state index in [0.717, 1.165) is 24.5 Å². The first-order chi connectivity index (χ1) is 15.4. The highest BCUT2D eigenvalue weighted by Crippen LogP contribution is 2.27. The molecule has 0 radical (unpaired) electrons. The summed E-state index contributed by atoms with van der Waals surface area (Å²) in [6.07, 6.45) is 0.953. The highest BCUT2D eigenvalue weighted by atomic mass is 32.2. The lowest BCUT2D eigenvalue weighted by atomic mass is 10.0. The van der Waals surface area contributed by atoms with Crippen molar-refractivity contribution in [2.75, 3.05) is 24.7 Å². The summed E-state index contributed by atoms with van der Waals surface area (Å²) in [5.41, 5.74) is -0.0936. The second kappa shape index (κ2) is 10.9. The Balaban J connectivity index is 1.97. The van der Waals surface area contributed by atoms with E-state index in [1.807, 2.05) is 0 Å². The molecule has 12 heteroatoms. The Hall–Kier alpha value is -3.54. The van der Waals surface area contributed by atoms with Crippen LogP contribution in [0.3, 0.4) is 0 Å². The number of nitro benzene ring substituents is 1. The van der Waals surface area contributed by atoms with Gasteiger partial charge in [-0.2, -0.15) is 0 Å². The van der Waals surface area contributed by atoms with Crippen LogP contribution in [0.4, 0.5) is 15.8 Å². The van der Waals surface area contributed by atoms with Crippen molar-refractivity contribution in [2.45, 2.75) is 24.8 Å². The molecule has 0 aromatic heterocycles. The summed E-state index contributed by atoms with van der Waals surface area (Å²) in [7, 11) is -3.60. The fourth-order valence-electron chi connectivity index (χ4n) is 2.90. The van der Waals surface area contributed by atoms with Gasteiger partial charge in [-0.05, 0) is 42.3 Å². The zero-order chi connectivity index (χ0) is 24.8. The Morgan fingerprint density at radius 2 is 1.73 bits per heavy atom. The van der Waals surface area contributed by atoms with Crippen molar-refractivity contribution >= 4 is 33.0 Å². The lowest BCUT2D eigenvalue weighted by molar-refractivity contribution is -0.384. The van der Waals surface area contributed by atoms with Crippen LogP contribution in [-0.2, 0) is 14.6 Å². The second-order valence-corrected chi connectivity index (χ2v) is 9.64. The molecule has 0 saturated heterocycles. The number of nitrogens with one attached hydrogen (secondary N) is 3. The first-order valence-corrected chi connectivity index (χ1v) is 11.9. The third-order valence-corrected chi connectivity index (χ3v) is 5.79. The average molecular weight is 481 g/mol. The summed E-state index contributed by atoms with van der Waals surface area (Å²) in [6, 6.07) is 7.57. The molecule has 2 aromatic carbocycles. The molecule has 0 unspecified atom stereocenters. The van der Waals surface area contributed by atoms with Crippen LogP contribution in [0.15, 0.2) is 47.4 Å². The molecule has 2 rings (SSSR count). The fourth-order valence-corrected chi connectivity index (χ4v) is 3.54. The normalized spacial score (nSPS) is 12.2. The van der Waals surface area contributed by atoms with E-state index < -0.39 is 44.1 Å². The van der Waals surface area contributed by atoms with E-state index in [9.17, 15) is 32.5 Å². The van der Waals surface area contributed by atoms with Crippen LogP contribution >= 0.6 is 0 Å². The molecule has 0 saturated carbocycles. The monoisotopic (exact) mass is 480 g/mol. The Kier molecular flexibility index (Phi) is 8.46. The summed E-state index contributed by atoms with van der Waals surface area (Å²) >= 11 is 0. The van der Waals surface area contributed by atoms with Crippen LogP contribution in [0.5, 0.6) is 0 Å². The maximum Gasteiger partial charge on any atom is 0.293 e. The molecule has 33 heavy (non-hydrogen) atoms. The molecular formula is C21H25FN4O6S. The van der Waals surface area contributed by atoms with Gasteiger partial charge in [-0.25, -0.2) is 12.8 Å². The van der Waals surface area contributed by atoms with Crippen molar-refractivity contribution in [1.82, 2.24) is 10.6 Å². The highest BCUT2D eigenvalue weighted by Gasteiger charge is 2.24. The van der Waals surface area contributed by atoms with Gasteiger partial charge >= 0.3 is 0 Å². The molecule has 0 aliphatic carbocycles. The second-order valence-electron chi connectivity index (χ2n) is 7.63. The van der Waals surface area contributed by atoms with E-state index in [0.29, 0.717) is 0 Å². The third kappa shape index (κ3) is 7.24. The van der Waals surface area contributed by atoms with Crippen LogP contribution in [-0.4, -0.2) is 50.5 Å². The number of rotatable bonds is 10. The maximum atomic E-state index is 13.0. The molecular weight excluding hydrogens is 455 g/mol. The summed E-state index contributed by atoms with van der Waals surface area (Å²) in [5, 5.41) is 19.3. The topological polar surface area (TPSA) is 148 Å². The zero-order valence-electron chi connectivity index (χ0n) is 18.3. The van der Waals surface area contributed by atoms with Gasteiger partial charge < -0.3 is 16.0 Å². The fraction of sp³-hybridized carbons (Fsp3) is 0.333. The van der Waals surface area contributed by atoms with Gasteiger partial charge in [0.1, 0.15) is 17.5 Å². The minimum Gasteiger partial charge on any atom is -0.378 e. The molecule has 2 amide bonds. The Morgan fingerprint density at radius 1 is 1.09 bits per heavy atom. The standard InChI is InChI=1S/C21H25FN4O6S/c1-13(2)19(25-20(27)14-4-6-15(22)7-5-14)21(28)24-11-10-23-17-9-8-16(33(3,31)32)12-18(17)26(29)30/h4-9,12-13,19,23H,10-11H2,1-3H3,(H,24,28)(H,25,27)/t19-/m0/s1. The third-order valence-electron chi connectivity index (χ3n) is 4.68. The summed E-state index contributed by atoms with van der Waals surface area (Å²) in [4.78, 5) is 35.3. The summed E-state index contributed by atoms with van der Waals surface area (Å²) in [5.74, 6) is -1.71. The van der Waals surface area contributed by atoms with Gasteiger partial charge in [0.25, 0.3) is 11.6 Å². The first-order valence-electron chi connectivity index (χ1n) is 9.96. The first kappa shape index (κ1) is 25.7. The maximum absolute atomic E-state index is 13.0. The number of amides is 2. The number of hydrogen-bond acceptors (Lipinski definition) is 7. The van der Waals surface area contributed by atoms with Crippen molar-refractivity contribution < 1.29 is 27.3 Å². The number of nitrogens with zero attached hydrogens (tertiary/aromatic N) is 1. The van der Waals surface area contributed by atoms with Crippen molar-refractivity contribution in [3.05, 3.63) is 64.0 Å². The Morgan fingerprint density at radius 3 is 2.27 bits per heavy atom. The quantitative estimate of drug-likeness (QED) is 0.268. The van der Waals surface area contributed by atoms with Gasteiger partial charge in [-0.3, -0.25) is 19.7 Å². The lowest BCUT2D eigenvalue weighted by Crippen LogP contribution is -2.50. The number of nitro groups is 1. The zero-order valence-corrected chi connectivity index (χ0v) is 19.1. The predicted octanol–water partition coefficient (Wildman–Crippen LogP) is 2.12. The van der Waals surface area contributed by atoms with Crippen molar-refractivity contribution in [1.29, 1.82) is 0 Å². The van der Waals surface area contributed by atoms with Gasteiger partial charge in [0.15, 0.2) is 9.84 Å². The molecule has 2 aromatic rings. The van der Waals surface area contributed by atoms with Crippen molar-refractivity contribution in [3.63, 3.8) is 0 Å². The van der Waals surface area contributed by atoms with Gasteiger partial charge in [0, 0.05) is 31.0 Å².